The summed E-state index contributed by atoms with van der Waals surface area (Å²) in [5.41, 5.74) is 13.7. The highest BCUT2D eigenvalue weighted by molar-refractivity contribution is 5.75. The molecule has 0 aliphatic carbocycles. The van der Waals surface area contributed by atoms with Gasteiger partial charge in [0.05, 0.1) is 5.69 Å². The Bertz CT molecular complexity index is 515. The number of carbonyl (C=O) groups excluding carboxylic acids is 1. The average Bonchev–Trinajstić information content (AvgIpc) is 2.82. The van der Waals surface area contributed by atoms with Gasteiger partial charge in [-0.15, -0.1) is 0 Å². The molecule has 0 spiro atoms. The molecule has 1 fully saturated rings. The number of carbonyl (C=O) groups is 1. The van der Waals surface area contributed by atoms with Crippen LogP contribution in [0.25, 0.3) is 0 Å². The Morgan fingerprint density at radius 2 is 1.85 bits per heavy atom. The summed E-state index contributed by atoms with van der Waals surface area (Å²) in [7, 11) is 0. The Balaban J connectivity index is 2.50. The quantitative estimate of drug-likeness (QED) is 0.814. The minimum Gasteiger partial charge on any atom is -0.408 e. The van der Waals surface area contributed by atoms with E-state index in [1.54, 1.807) is 0 Å². The lowest BCUT2D eigenvalue weighted by atomic mass is 9.85. The number of nitrogens with zero attached hydrogens (tertiary/aromatic N) is 1. The average molecular weight is 277 g/mol. The number of nitrogen functional groups attached to an aromatic ring is 1. The van der Waals surface area contributed by atoms with Crippen LogP contribution in [-0.2, 0) is 5.41 Å². The van der Waals surface area contributed by atoms with Crippen LogP contribution in [0.1, 0.15) is 39.2 Å². The van der Waals surface area contributed by atoms with E-state index in [0.717, 1.165) is 24.3 Å². The highest BCUT2D eigenvalue weighted by Gasteiger charge is 2.25. The second-order valence-corrected chi connectivity index (χ2v) is 6.27. The molecule has 0 radical (unpaired) electrons. The second kappa shape index (κ2) is 5.23. The first-order valence-corrected chi connectivity index (χ1v) is 6.95. The Morgan fingerprint density at radius 3 is 2.35 bits per heavy atom. The van der Waals surface area contributed by atoms with E-state index >= 15 is 0 Å². The molecular formula is C15H23N3O2. The lowest BCUT2D eigenvalue weighted by molar-refractivity contribution is 0.211. The van der Waals surface area contributed by atoms with E-state index in [1.807, 2.05) is 12.1 Å². The van der Waals surface area contributed by atoms with Gasteiger partial charge in [-0.1, -0.05) is 20.8 Å². The Morgan fingerprint density at radius 1 is 1.25 bits per heavy atom. The molecule has 1 aromatic rings. The van der Waals surface area contributed by atoms with Gasteiger partial charge in [0, 0.05) is 24.8 Å². The van der Waals surface area contributed by atoms with Crippen molar-refractivity contribution in [1.82, 2.24) is 0 Å². The third-order valence-corrected chi connectivity index (χ3v) is 3.59. The molecule has 2 rings (SSSR count). The molecule has 5 heteroatoms. The Hall–Kier alpha value is -1.91. The molecule has 0 saturated carbocycles. The number of anilines is 2. The van der Waals surface area contributed by atoms with Crippen molar-refractivity contribution in [3.63, 3.8) is 0 Å². The normalized spacial score (nSPS) is 15.4. The highest BCUT2D eigenvalue weighted by atomic mass is 16.5. The van der Waals surface area contributed by atoms with Crippen LogP contribution in [0.3, 0.4) is 0 Å². The number of rotatable bonds is 2. The lowest BCUT2D eigenvalue weighted by Gasteiger charge is -2.29. The van der Waals surface area contributed by atoms with E-state index in [1.165, 1.54) is 12.8 Å². The van der Waals surface area contributed by atoms with Gasteiger partial charge in [-0.05, 0) is 29.9 Å². The molecule has 1 saturated heterocycles. The van der Waals surface area contributed by atoms with Crippen LogP contribution in [0.15, 0.2) is 12.1 Å². The summed E-state index contributed by atoms with van der Waals surface area (Å²) in [6, 6.07) is 3.73. The van der Waals surface area contributed by atoms with Gasteiger partial charge >= 0.3 is 6.09 Å². The first-order chi connectivity index (χ1) is 9.29. The van der Waals surface area contributed by atoms with Crippen LogP contribution in [-0.4, -0.2) is 19.2 Å². The monoisotopic (exact) mass is 277 g/mol. The number of primary amides is 1. The Labute approximate surface area is 119 Å². The SMILES string of the molecule is CC(C)(C)c1cc(N)c(OC(N)=O)cc1N1CCCC1. The van der Waals surface area contributed by atoms with E-state index in [9.17, 15) is 4.79 Å². The van der Waals surface area contributed by atoms with Crippen LogP contribution >= 0.6 is 0 Å². The van der Waals surface area contributed by atoms with E-state index in [-0.39, 0.29) is 5.41 Å². The van der Waals surface area contributed by atoms with Crippen molar-refractivity contribution >= 4 is 17.5 Å². The summed E-state index contributed by atoms with van der Waals surface area (Å²) < 4.78 is 5.00. The number of hydrogen-bond donors (Lipinski definition) is 2. The summed E-state index contributed by atoms with van der Waals surface area (Å²) in [6.45, 7) is 8.48. The number of nitrogens with two attached hydrogens (primary N) is 2. The van der Waals surface area contributed by atoms with E-state index in [4.69, 9.17) is 16.2 Å². The van der Waals surface area contributed by atoms with Gasteiger partial charge < -0.3 is 21.1 Å². The largest absolute Gasteiger partial charge is 0.410 e. The first kappa shape index (κ1) is 14.5. The predicted molar refractivity (Wildman–Crippen MR) is 81.2 cm³/mol. The summed E-state index contributed by atoms with van der Waals surface area (Å²) >= 11 is 0. The van der Waals surface area contributed by atoms with Gasteiger partial charge in [0.2, 0.25) is 0 Å². The summed E-state index contributed by atoms with van der Waals surface area (Å²) in [5, 5.41) is 0. The number of ether oxygens (including phenoxy) is 1. The van der Waals surface area contributed by atoms with Crippen LogP contribution in [0, 0.1) is 0 Å². The molecule has 4 N–H and O–H groups in total. The Kier molecular flexibility index (Phi) is 3.79. The molecule has 0 unspecified atom stereocenters. The molecule has 110 valence electrons. The number of amides is 1. The molecule has 5 nitrogen and oxygen atoms in total. The zero-order chi connectivity index (χ0) is 14.9. The maximum atomic E-state index is 11.0. The molecule has 1 aliphatic heterocycles. The maximum Gasteiger partial charge on any atom is 0.410 e. The summed E-state index contributed by atoms with van der Waals surface area (Å²) in [5.74, 6) is 0.340. The predicted octanol–water partition coefficient (Wildman–Crippen LogP) is 2.62. The molecule has 20 heavy (non-hydrogen) atoms. The van der Waals surface area contributed by atoms with Gasteiger partial charge in [-0.2, -0.15) is 0 Å². The molecule has 1 aliphatic rings. The third kappa shape index (κ3) is 2.98. The molecule has 0 bridgehead atoms. The molecule has 0 atom stereocenters. The van der Waals surface area contributed by atoms with Gasteiger partial charge in [0.15, 0.2) is 5.75 Å². The zero-order valence-electron chi connectivity index (χ0n) is 12.4. The van der Waals surface area contributed by atoms with Crippen molar-refractivity contribution in [1.29, 1.82) is 0 Å². The molecule has 1 aromatic carbocycles. The second-order valence-electron chi connectivity index (χ2n) is 6.27. The van der Waals surface area contributed by atoms with Crippen molar-refractivity contribution in [2.45, 2.75) is 39.0 Å². The fourth-order valence-electron chi connectivity index (χ4n) is 2.60. The van der Waals surface area contributed by atoms with Gasteiger partial charge in [-0.25, -0.2) is 4.79 Å². The molecule has 1 heterocycles. The summed E-state index contributed by atoms with van der Waals surface area (Å²) in [6.07, 6.45) is 1.52. The van der Waals surface area contributed by atoms with Crippen molar-refractivity contribution < 1.29 is 9.53 Å². The van der Waals surface area contributed by atoms with Crippen molar-refractivity contribution in [2.24, 2.45) is 5.73 Å². The topological polar surface area (TPSA) is 81.6 Å². The fraction of sp³-hybridized carbons (Fsp3) is 0.533. The molecular weight excluding hydrogens is 254 g/mol. The van der Waals surface area contributed by atoms with Gasteiger partial charge in [0.1, 0.15) is 0 Å². The van der Waals surface area contributed by atoms with Gasteiger partial charge in [-0.3, -0.25) is 0 Å². The van der Waals surface area contributed by atoms with Crippen LogP contribution in [0.2, 0.25) is 0 Å². The lowest BCUT2D eigenvalue weighted by Crippen LogP contribution is -2.24. The minimum atomic E-state index is -0.840. The van der Waals surface area contributed by atoms with Gasteiger partial charge in [0.25, 0.3) is 0 Å². The smallest absolute Gasteiger partial charge is 0.408 e. The zero-order valence-corrected chi connectivity index (χ0v) is 12.4. The van der Waals surface area contributed by atoms with Crippen molar-refractivity contribution in [2.75, 3.05) is 23.7 Å². The van der Waals surface area contributed by atoms with E-state index < -0.39 is 6.09 Å². The number of hydrogen-bond acceptors (Lipinski definition) is 4. The van der Waals surface area contributed by atoms with Crippen LogP contribution in [0.5, 0.6) is 5.75 Å². The van der Waals surface area contributed by atoms with Crippen molar-refractivity contribution in [3.8, 4) is 5.75 Å². The fourth-order valence-corrected chi connectivity index (χ4v) is 2.60. The highest BCUT2D eigenvalue weighted by Crippen LogP contribution is 2.39. The minimum absolute atomic E-state index is 0.0305. The van der Waals surface area contributed by atoms with Crippen LogP contribution in [0.4, 0.5) is 16.2 Å². The van der Waals surface area contributed by atoms with Crippen LogP contribution < -0.4 is 21.1 Å². The standard InChI is InChI=1S/C15H23N3O2/c1-15(2,3)10-8-11(16)13(20-14(17)19)9-12(10)18-6-4-5-7-18/h8-9H,4-7,16H2,1-3H3,(H2,17,19). The third-order valence-electron chi connectivity index (χ3n) is 3.59. The van der Waals surface area contributed by atoms with E-state index in [2.05, 4.69) is 25.7 Å². The number of benzene rings is 1. The molecule has 0 aromatic heterocycles. The maximum absolute atomic E-state index is 11.0. The molecule has 1 amide bonds. The first-order valence-electron chi connectivity index (χ1n) is 6.95. The summed E-state index contributed by atoms with van der Waals surface area (Å²) in [4.78, 5) is 13.3. The van der Waals surface area contributed by atoms with E-state index in [0.29, 0.717) is 11.4 Å². The van der Waals surface area contributed by atoms with Crippen molar-refractivity contribution in [3.05, 3.63) is 17.7 Å².